The molecule has 1 aliphatic rings. The fraction of sp³-hybridized carbons (Fsp3) is 0.824. The molecule has 3 unspecified atom stereocenters. The van der Waals surface area contributed by atoms with E-state index in [4.69, 9.17) is 11.2 Å². The second-order valence-corrected chi connectivity index (χ2v) is 6.88. The lowest BCUT2D eigenvalue weighted by Gasteiger charge is -2.32. The zero-order valence-electron chi connectivity index (χ0n) is 13.9. The molecule has 1 rings (SSSR count). The number of hydrogen-bond donors (Lipinski definition) is 2. The van der Waals surface area contributed by atoms with Crippen LogP contribution in [-0.2, 0) is 4.74 Å². The molecule has 1 saturated carbocycles. The van der Waals surface area contributed by atoms with Gasteiger partial charge in [-0.05, 0) is 52.9 Å². The Kier molecular flexibility index (Phi) is 7.04. The molecule has 1 aliphatic carbocycles. The number of rotatable bonds is 5. The van der Waals surface area contributed by atoms with Crippen LogP contribution in [0.15, 0.2) is 0 Å². The molecule has 120 valence electrons. The third-order valence-corrected chi connectivity index (χ3v) is 3.61. The van der Waals surface area contributed by atoms with E-state index in [1.165, 1.54) is 0 Å². The Balaban J connectivity index is 2.41. The summed E-state index contributed by atoms with van der Waals surface area (Å²) in [4.78, 5) is 11.8. The van der Waals surface area contributed by atoms with Gasteiger partial charge >= 0.3 is 6.09 Å². The largest absolute Gasteiger partial charge is 0.444 e. The van der Waals surface area contributed by atoms with Crippen molar-refractivity contribution >= 4 is 6.09 Å². The Morgan fingerprint density at radius 2 is 2.05 bits per heavy atom. The normalized spacial score (nSPS) is 24.0. The Bertz CT molecular complexity index is 368. The van der Waals surface area contributed by atoms with Gasteiger partial charge in [-0.2, -0.15) is 0 Å². The number of alkyl carbamates (subject to hydrolysis) is 1. The molecular formula is C17H30N2O2. The van der Waals surface area contributed by atoms with Crippen LogP contribution in [0.1, 0.15) is 66.2 Å². The number of hydrogen-bond acceptors (Lipinski definition) is 3. The van der Waals surface area contributed by atoms with Gasteiger partial charge < -0.3 is 15.4 Å². The van der Waals surface area contributed by atoms with Gasteiger partial charge in [0.1, 0.15) is 5.60 Å². The lowest BCUT2D eigenvalue weighted by atomic mass is 9.90. The first-order valence-corrected chi connectivity index (χ1v) is 8.05. The molecule has 4 nitrogen and oxygen atoms in total. The summed E-state index contributed by atoms with van der Waals surface area (Å²) in [7, 11) is 0. The van der Waals surface area contributed by atoms with Crippen molar-refractivity contribution in [2.75, 3.05) is 0 Å². The maximum atomic E-state index is 11.8. The predicted molar refractivity (Wildman–Crippen MR) is 86.1 cm³/mol. The number of carbonyl (C=O) groups is 1. The summed E-state index contributed by atoms with van der Waals surface area (Å²) in [6, 6.07) is 0.692. The van der Waals surface area contributed by atoms with E-state index in [9.17, 15) is 4.79 Å². The Morgan fingerprint density at radius 1 is 1.38 bits per heavy atom. The van der Waals surface area contributed by atoms with E-state index >= 15 is 0 Å². The van der Waals surface area contributed by atoms with Gasteiger partial charge in [0.2, 0.25) is 0 Å². The highest BCUT2D eigenvalue weighted by atomic mass is 16.6. The molecule has 21 heavy (non-hydrogen) atoms. The van der Waals surface area contributed by atoms with Gasteiger partial charge in [-0.25, -0.2) is 4.79 Å². The van der Waals surface area contributed by atoms with Crippen LogP contribution < -0.4 is 10.6 Å². The first-order chi connectivity index (χ1) is 9.84. The second-order valence-electron chi connectivity index (χ2n) is 6.88. The highest BCUT2D eigenvalue weighted by molar-refractivity contribution is 5.68. The zero-order chi connectivity index (χ0) is 15.9. The standard InChI is InChI=1S/C17H30N2O2/c1-6-9-13(7-2)18-14-10-8-11-15(12-14)19-16(20)21-17(3,4)5/h2,13-15,18H,6,8-12H2,1,3-5H3,(H,19,20). The zero-order valence-corrected chi connectivity index (χ0v) is 13.9. The molecule has 1 fully saturated rings. The van der Waals surface area contributed by atoms with Gasteiger partial charge in [0.05, 0.1) is 6.04 Å². The van der Waals surface area contributed by atoms with Gasteiger partial charge in [0.15, 0.2) is 0 Å². The summed E-state index contributed by atoms with van der Waals surface area (Å²) in [6.07, 6.45) is 11.5. The van der Waals surface area contributed by atoms with Crippen LogP contribution in [0.5, 0.6) is 0 Å². The van der Waals surface area contributed by atoms with E-state index in [0.717, 1.165) is 38.5 Å². The van der Waals surface area contributed by atoms with Crippen molar-refractivity contribution < 1.29 is 9.53 Å². The molecule has 0 aromatic heterocycles. The summed E-state index contributed by atoms with van der Waals surface area (Å²) in [6.45, 7) is 7.76. The number of nitrogens with one attached hydrogen (secondary N) is 2. The van der Waals surface area contributed by atoms with Crippen LogP contribution in [0.2, 0.25) is 0 Å². The van der Waals surface area contributed by atoms with Gasteiger partial charge in [-0.3, -0.25) is 0 Å². The van der Waals surface area contributed by atoms with Gasteiger partial charge in [0.25, 0.3) is 0 Å². The van der Waals surface area contributed by atoms with E-state index in [1.54, 1.807) is 0 Å². The minimum atomic E-state index is -0.452. The van der Waals surface area contributed by atoms with E-state index in [1.807, 2.05) is 20.8 Å². The van der Waals surface area contributed by atoms with Crippen LogP contribution >= 0.6 is 0 Å². The Labute approximate surface area is 129 Å². The molecule has 0 bridgehead atoms. The van der Waals surface area contributed by atoms with Crippen molar-refractivity contribution in [1.82, 2.24) is 10.6 Å². The molecule has 0 aromatic rings. The molecule has 3 atom stereocenters. The van der Waals surface area contributed by atoms with Crippen molar-refractivity contribution in [3.8, 4) is 12.3 Å². The van der Waals surface area contributed by atoms with Gasteiger partial charge in [-0.15, -0.1) is 6.42 Å². The number of terminal acetylenes is 1. The fourth-order valence-corrected chi connectivity index (χ4v) is 2.73. The lowest BCUT2D eigenvalue weighted by Crippen LogP contribution is -2.47. The molecule has 0 aromatic carbocycles. The van der Waals surface area contributed by atoms with E-state index in [0.29, 0.717) is 6.04 Å². The van der Waals surface area contributed by atoms with Crippen LogP contribution in [0, 0.1) is 12.3 Å². The van der Waals surface area contributed by atoms with E-state index in [2.05, 4.69) is 23.5 Å². The molecule has 0 saturated heterocycles. The number of ether oxygens (including phenoxy) is 1. The van der Waals surface area contributed by atoms with Gasteiger partial charge in [0, 0.05) is 12.1 Å². The minimum absolute atomic E-state index is 0.139. The van der Waals surface area contributed by atoms with Crippen LogP contribution in [0.25, 0.3) is 0 Å². The topological polar surface area (TPSA) is 50.4 Å². The Morgan fingerprint density at radius 3 is 2.62 bits per heavy atom. The smallest absolute Gasteiger partial charge is 0.407 e. The third-order valence-electron chi connectivity index (χ3n) is 3.61. The number of amides is 1. The van der Waals surface area contributed by atoms with Crippen LogP contribution in [0.3, 0.4) is 0 Å². The first-order valence-electron chi connectivity index (χ1n) is 8.05. The van der Waals surface area contributed by atoms with E-state index < -0.39 is 5.60 Å². The molecule has 0 spiro atoms. The van der Waals surface area contributed by atoms with Gasteiger partial charge in [-0.1, -0.05) is 19.3 Å². The average molecular weight is 294 g/mol. The molecule has 1 amide bonds. The van der Waals surface area contributed by atoms with Crippen molar-refractivity contribution in [3.05, 3.63) is 0 Å². The monoisotopic (exact) mass is 294 g/mol. The summed E-state index contributed by atoms with van der Waals surface area (Å²) < 4.78 is 5.31. The maximum absolute atomic E-state index is 11.8. The average Bonchev–Trinajstić information content (AvgIpc) is 2.36. The maximum Gasteiger partial charge on any atom is 0.407 e. The first kappa shape index (κ1) is 17.8. The second kappa shape index (κ2) is 8.29. The molecule has 0 radical (unpaired) electrons. The molecule has 0 heterocycles. The SMILES string of the molecule is C#CC(CCC)NC1CCCC(NC(=O)OC(C)(C)C)C1. The lowest BCUT2D eigenvalue weighted by molar-refractivity contribution is 0.0488. The molecule has 2 N–H and O–H groups in total. The summed E-state index contributed by atoms with van der Waals surface area (Å²) >= 11 is 0. The van der Waals surface area contributed by atoms with Crippen LogP contribution in [0.4, 0.5) is 4.79 Å². The quantitative estimate of drug-likeness (QED) is 0.766. The van der Waals surface area contributed by atoms with Crippen molar-refractivity contribution in [3.63, 3.8) is 0 Å². The fourth-order valence-electron chi connectivity index (χ4n) is 2.73. The molecular weight excluding hydrogens is 264 g/mol. The molecule has 4 heteroatoms. The summed E-state index contributed by atoms with van der Waals surface area (Å²) in [5.41, 5.74) is -0.452. The molecule has 0 aliphatic heterocycles. The van der Waals surface area contributed by atoms with Crippen LogP contribution in [-0.4, -0.2) is 29.8 Å². The minimum Gasteiger partial charge on any atom is -0.444 e. The third kappa shape index (κ3) is 7.38. The van der Waals surface area contributed by atoms with E-state index in [-0.39, 0.29) is 18.2 Å². The predicted octanol–water partition coefficient (Wildman–Crippen LogP) is 3.21. The highest BCUT2D eigenvalue weighted by Crippen LogP contribution is 2.20. The summed E-state index contributed by atoms with van der Waals surface area (Å²) in [5, 5.41) is 6.51. The summed E-state index contributed by atoms with van der Waals surface area (Å²) in [5.74, 6) is 2.81. The Hall–Kier alpha value is -1.21. The van der Waals surface area contributed by atoms with Crippen molar-refractivity contribution in [1.29, 1.82) is 0 Å². The van der Waals surface area contributed by atoms with Crippen molar-refractivity contribution in [2.45, 2.75) is 89.9 Å². The highest BCUT2D eigenvalue weighted by Gasteiger charge is 2.26. The van der Waals surface area contributed by atoms with Crippen molar-refractivity contribution in [2.24, 2.45) is 0 Å². The number of carbonyl (C=O) groups excluding carboxylic acids is 1.